The smallest absolute Gasteiger partial charge is 0.272 e. The van der Waals surface area contributed by atoms with Crippen molar-refractivity contribution < 1.29 is 14.7 Å². The summed E-state index contributed by atoms with van der Waals surface area (Å²) in [6.45, 7) is 7.50. The van der Waals surface area contributed by atoms with Gasteiger partial charge in [-0.15, -0.1) is 0 Å². The number of hydrogen-bond donors (Lipinski definition) is 2. The Labute approximate surface area is 236 Å². The number of aliphatic hydroxyl groups excluding tert-OH is 1. The number of rotatable bonds is 5. The lowest BCUT2D eigenvalue weighted by Gasteiger charge is -2.43. The van der Waals surface area contributed by atoms with Gasteiger partial charge in [0.1, 0.15) is 11.5 Å². The van der Waals surface area contributed by atoms with Crippen LogP contribution in [0.2, 0.25) is 0 Å². The van der Waals surface area contributed by atoms with E-state index in [0.29, 0.717) is 30.5 Å². The highest BCUT2D eigenvalue weighted by Crippen LogP contribution is 2.27. The van der Waals surface area contributed by atoms with Crippen LogP contribution in [0.5, 0.6) is 0 Å². The number of hydrogen-bond acceptors (Lipinski definition) is 8. The van der Waals surface area contributed by atoms with Crippen molar-refractivity contribution in [3.8, 4) is 0 Å². The molecule has 10 heteroatoms. The maximum Gasteiger partial charge on any atom is 0.272 e. The quantitative estimate of drug-likeness (QED) is 0.587. The molecule has 3 saturated heterocycles. The summed E-state index contributed by atoms with van der Waals surface area (Å²) in [5.74, 6) is 1.21. The second-order valence-electron chi connectivity index (χ2n) is 11.7. The third kappa shape index (κ3) is 5.78. The van der Waals surface area contributed by atoms with Crippen molar-refractivity contribution in [1.29, 1.82) is 0 Å². The minimum atomic E-state index is -0.605. The molecule has 2 aromatic rings. The molecular formula is C30H41N7O3. The van der Waals surface area contributed by atoms with Gasteiger partial charge in [-0.25, -0.2) is 4.98 Å². The van der Waals surface area contributed by atoms with Gasteiger partial charge in [-0.1, -0.05) is 24.3 Å². The number of aromatic nitrogens is 2. The van der Waals surface area contributed by atoms with E-state index in [1.54, 1.807) is 17.9 Å². The Morgan fingerprint density at radius 3 is 2.38 bits per heavy atom. The second-order valence-corrected chi connectivity index (χ2v) is 11.7. The van der Waals surface area contributed by atoms with Gasteiger partial charge in [0.25, 0.3) is 5.91 Å². The van der Waals surface area contributed by atoms with E-state index < -0.39 is 6.10 Å². The topological polar surface area (TPSA) is 105 Å². The van der Waals surface area contributed by atoms with Gasteiger partial charge in [-0.2, -0.15) is 4.98 Å². The summed E-state index contributed by atoms with van der Waals surface area (Å²) in [6.07, 6.45) is 4.99. The Bertz CT molecular complexity index is 1230. The fourth-order valence-corrected chi connectivity index (χ4v) is 6.72. The molecule has 40 heavy (non-hydrogen) atoms. The molecule has 2 N–H and O–H groups in total. The predicted octanol–water partition coefficient (Wildman–Crippen LogP) is 2.13. The average molecular weight is 548 g/mol. The fraction of sp³-hybridized carbons (Fsp3) is 0.600. The van der Waals surface area contributed by atoms with Gasteiger partial charge < -0.3 is 25.1 Å². The number of nitrogens with one attached hydrogen (secondary N) is 1. The van der Waals surface area contributed by atoms with E-state index in [1.807, 2.05) is 4.90 Å². The number of amides is 2. The minimum Gasteiger partial charge on any atom is -0.390 e. The monoisotopic (exact) mass is 547 g/mol. The molecule has 10 nitrogen and oxygen atoms in total. The van der Waals surface area contributed by atoms with Crippen LogP contribution in [0.4, 0.5) is 11.8 Å². The first-order valence-corrected chi connectivity index (χ1v) is 14.9. The second kappa shape index (κ2) is 11.7. The summed E-state index contributed by atoms with van der Waals surface area (Å²) < 4.78 is 0. The van der Waals surface area contributed by atoms with Crippen LogP contribution in [0.1, 0.15) is 60.6 Å². The summed E-state index contributed by atoms with van der Waals surface area (Å²) in [5.41, 5.74) is 3.10. The predicted molar refractivity (Wildman–Crippen MR) is 153 cm³/mol. The number of benzene rings is 1. The molecule has 0 radical (unpaired) electrons. The highest BCUT2D eigenvalue weighted by Gasteiger charge is 2.36. The van der Waals surface area contributed by atoms with Crippen LogP contribution in [-0.4, -0.2) is 106 Å². The molecule has 1 aromatic heterocycles. The first kappa shape index (κ1) is 27.0. The Morgan fingerprint density at radius 2 is 1.65 bits per heavy atom. The number of anilines is 2. The first-order chi connectivity index (χ1) is 19.4. The van der Waals surface area contributed by atoms with Crippen molar-refractivity contribution in [3.05, 3.63) is 47.2 Å². The van der Waals surface area contributed by atoms with E-state index in [2.05, 4.69) is 39.4 Å². The van der Waals surface area contributed by atoms with Crippen molar-refractivity contribution in [3.63, 3.8) is 0 Å². The third-order valence-electron chi connectivity index (χ3n) is 9.08. The van der Waals surface area contributed by atoms with Crippen molar-refractivity contribution >= 4 is 23.6 Å². The van der Waals surface area contributed by atoms with Gasteiger partial charge in [0.05, 0.1) is 6.10 Å². The van der Waals surface area contributed by atoms with Crippen LogP contribution in [0.25, 0.3) is 0 Å². The molecule has 2 atom stereocenters. The number of likely N-dealkylation sites (tertiary alicyclic amines) is 2. The van der Waals surface area contributed by atoms with Crippen molar-refractivity contribution in [1.82, 2.24) is 24.7 Å². The first-order valence-electron chi connectivity index (χ1n) is 14.9. The molecule has 4 aliphatic heterocycles. The van der Waals surface area contributed by atoms with Crippen LogP contribution >= 0.6 is 0 Å². The van der Waals surface area contributed by atoms with Gasteiger partial charge in [-0.3, -0.25) is 14.5 Å². The number of β-amino-alcohol motifs (C(OH)–C–C–N with tert-alkyl or cyclic N) is 1. The van der Waals surface area contributed by atoms with Crippen LogP contribution in [-0.2, 0) is 17.8 Å². The molecular weight excluding hydrogens is 506 g/mol. The Kier molecular flexibility index (Phi) is 7.89. The summed E-state index contributed by atoms with van der Waals surface area (Å²) in [6, 6.07) is 10.5. The van der Waals surface area contributed by atoms with Crippen molar-refractivity contribution in [2.24, 2.45) is 0 Å². The lowest BCUT2D eigenvalue weighted by molar-refractivity contribution is -0.129. The minimum absolute atomic E-state index is 0.0427. The normalized spacial score (nSPS) is 24.2. The number of aliphatic hydroxyl groups is 1. The van der Waals surface area contributed by atoms with E-state index in [-0.39, 0.29) is 23.9 Å². The molecule has 0 aliphatic carbocycles. The van der Waals surface area contributed by atoms with Gasteiger partial charge in [0, 0.05) is 77.4 Å². The summed E-state index contributed by atoms with van der Waals surface area (Å²) >= 11 is 0. The maximum absolute atomic E-state index is 13.7. The largest absolute Gasteiger partial charge is 0.390 e. The zero-order chi connectivity index (χ0) is 27.6. The van der Waals surface area contributed by atoms with Crippen LogP contribution < -0.4 is 10.2 Å². The summed E-state index contributed by atoms with van der Waals surface area (Å²) in [4.78, 5) is 43.1. The zero-order valence-electron chi connectivity index (χ0n) is 23.5. The molecule has 2 amide bonds. The third-order valence-corrected chi connectivity index (χ3v) is 9.08. The molecule has 0 spiro atoms. The highest BCUT2D eigenvalue weighted by atomic mass is 16.3. The van der Waals surface area contributed by atoms with E-state index in [1.165, 1.54) is 11.1 Å². The van der Waals surface area contributed by atoms with Gasteiger partial charge in [0.2, 0.25) is 11.9 Å². The van der Waals surface area contributed by atoms with Gasteiger partial charge >= 0.3 is 0 Å². The van der Waals surface area contributed by atoms with E-state index >= 15 is 0 Å². The standard InChI is InChI=1S/C30H41N7O3/c1-21(38)34-15-9-24(10-16-34)31-28-18-25(32-30(33-28)35-12-4-5-13-35)29(40)37-17-11-26(27(39)20-37)36-14-8-22-6-2-3-7-23(22)19-36/h2-3,6-7,18,24,26-27,39H,4-5,8-17,19-20H2,1H3,(H,31,32,33)/t26-,27-/m0/s1. The molecule has 0 saturated carbocycles. The molecule has 214 valence electrons. The number of piperidine rings is 2. The summed E-state index contributed by atoms with van der Waals surface area (Å²) in [5, 5.41) is 14.7. The SMILES string of the molecule is CC(=O)N1CCC(Nc2cc(C(=O)N3CC[C@H](N4CCc5ccccc5C4)[C@@H](O)C3)nc(N3CCCC3)n2)CC1. The van der Waals surface area contributed by atoms with Crippen molar-refractivity contribution in [2.45, 2.75) is 70.2 Å². The molecule has 0 unspecified atom stereocenters. The number of nitrogens with zero attached hydrogens (tertiary/aromatic N) is 6. The highest BCUT2D eigenvalue weighted by molar-refractivity contribution is 5.93. The molecule has 0 bridgehead atoms. The molecule has 1 aromatic carbocycles. The number of fused-ring (bicyclic) bond motifs is 1. The van der Waals surface area contributed by atoms with Gasteiger partial charge in [-0.05, 0) is 49.7 Å². The zero-order valence-corrected chi connectivity index (χ0v) is 23.5. The van der Waals surface area contributed by atoms with Crippen LogP contribution in [0.3, 0.4) is 0 Å². The number of carbonyl (C=O) groups is 2. The number of carbonyl (C=O) groups excluding carboxylic acids is 2. The lowest BCUT2D eigenvalue weighted by Crippen LogP contribution is -2.56. The Hall–Kier alpha value is -3.24. The van der Waals surface area contributed by atoms with E-state index in [9.17, 15) is 14.7 Å². The lowest BCUT2D eigenvalue weighted by atomic mass is 9.94. The Morgan fingerprint density at radius 1 is 0.925 bits per heavy atom. The molecule has 6 rings (SSSR count). The molecule has 3 fully saturated rings. The maximum atomic E-state index is 13.7. The van der Waals surface area contributed by atoms with Gasteiger partial charge in [0.15, 0.2) is 0 Å². The average Bonchev–Trinajstić information content (AvgIpc) is 3.52. The van der Waals surface area contributed by atoms with E-state index in [0.717, 1.165) is 77.8 Å². The van der Waals surface area contributed by atoms with Crippen LogP contribution in [0.15, 0.2) is 30.3 Å². The molecule has 5 heterocycles. The Balaban J connectivity index is 1.14. The van der Waals surface area contributed by atoms with Crippen LogP contribution in [0, 0.1) is 0 Å². The van der Waals surface area contributed by atoms with Crippen molar-refractivity contribution in [2.75, 3.05) is 56.0 Å². The van der Waals surface area contributed by atoms with E-state index in [4.69, 9.17) is 9.97 Å². The summed E-state index contributed by atoms with van der Waals surface area (Å²) in [7, 11) is 0. The molecule has 4 aliphatic rings. The fourth-order valence-electron chi connectivity index (χ4n) is 6.72.